The molecule has 0 bridgehead atoms. The first kappa shape index (κ1) is 21.2. The lowest BCUT2D eigenvalue weighted by Crippen LogP contribution is -1.83. The van der Waals surface area contributed by atoms with E-state index in [0.29, 0.717) is 0 Å². The molecule has 0 aromatic heterocycles. The molecule has 0 amide bonds. The molecular formula is C38H24. The summed E-state index contributed by atoms with van der Waals surface area (Å²) in [7, 11) is 0. The molecular weight excluding hydrogens is 456 g/mol. The van der Waals surface area contributed by atoms with Crippen molar-refractivity contribution < 1.29 is 0 Å². The topological polar surface area (TPSA) is 0 Å². The molecule has 0 atom stereocenters. The van der Waals surface area contributed by atoms with Gasteiger partial charge < -0.3 is 0 Å². The highest BCUT2D eigenvalue weighted by Crippen LogP contribution is 2.32. The first-order valence-corrected chi connectivity index (χ1v) is 13.2. The molecule has 0 N–H and O–H groups in total. The Labute approximate surface area is 221 Å². The van der Waals surface area contributed by atoms with Gasteiger partial charge in [0.25, 0.3) is 0 Å². The Balaban J connectivity index is 1.27. The quantitative estimate of drug-likeness (QED) is 0.170. The average Bonchev–Trinajstić information content (AvgIpc) is 2.95. The molecule has 0 heterocycles. The third kappa shape index (κ3) is 3.46. The second-order valence-corrected chi connectivity index (χ2v) is 10.3. The van der Waals surface area contributed by atoms with Crippen LogP contribution in [-0.2, 0) is 0 Å². The van der Waals surface area contributed by atoms with Crippen LogP contribution < -0.4 is 0 Å². The van der Waals surface area contributed by atoms with Crippen molar-refractivity contribution in [3.8, 4) is 0 Å². The molecule has 0 fully saturated rings. The summed E-state index contributed by atoms with van der Waals surface area (Å²) in [6.45, 7) is 0. The molecule has 0 spiro atoms. The summed E-state index contributed by atoms with van der Waals surface area (Å²) < 4.78 is 0. The van der Waals surface area contributed by atoms with Crippen LogP contribution in [0.5, 0.6) is 0 Å². The fourth-order valence-electron chi connectivity index (χ4n) is 5.96. The fourth-order valence-corrected chi connectivity index (χ4v) is 5.96. The van der Waals surface area contributed by atoms with Gasteiger partial charge in [0.15, 0.2) is 0 Å². The maximum absolute atomic E-state index is 2.35. The summed E-state index contributed by atoms with van der Waals surface area (Å²) >= 11 is 0. The number of fused-ring (bicyclic) bond motifs is 6. The van der Waals surface area contributed by atoms with Crippen LogP contribution in [0.2, 0.25) is 0 Å². The molecule has 8 aromatic carbocycles. The van der Waals surface area contributed by atoms with Crippen LogP contribution in [0.25, 0.3) is 76.8 Å². The maximum atomic E-state index is 2.35. The Bertz CT molecular complexity index is 2070. The zero-order chi connectivity index (χ0) is 25.1. The molecule has 0 saturated heterocycles. The molecule has 0 saturated carbocycles. The number of rotatable bonds is 2. The van der Waals surface area contributed by atoms with Gasteiger partial charge in [-0.05, 0) is 124 Å². The van der Waals surface area contributed by atoms with E-state index in [0.717, 1.165) is 0 Å². The van der Waals surface area contributed by atoms with Crippen LogP contribution in [0, 0.1) is 0 Å². The normalized spacial score (nSPS) is 12.1. The van der Waals surface area contributed by atoms with Gasteiger partial charge in [0.05, 0.1) is 0 Å². The predicted molar refractivity (Wildman–Crippen MR) is 167 cm³/mol. The van der Waals surface area contributed by atoms with Crippen molar-refractivity contribution in [3.63, 3.8) is 0 Å². The summed E-state index contributed by atoms with van der Waals surface area (Å²) in [6, 6.07) is 49.0. The highest BCUT2D eigenvalue weighted by molar-refractivity contribution is 6.09. The summed E-state index contributed by atoms with van der Waals surface area (Å²) in [5.41, 5.74) is 2.47. The van der Waals surface area contributed by atoms with Gasteiger partial charge in [0, 0.05) is 0 Å². The van der Waals surface area contributed by atoms with E-state index in [1.165, 1.54) is 75.8 Å². The Hall–Kier alpha value is -4.94. The SMILES string of the molecule is C(=C\c1cccc2cc3cc4ccccc4cc3cc12)/c1cccc2cc3cc4ccccc4cc3cc12. The Kier molecular flexibility index (Phi) is 4.62. The zero-order valence-electron chi connectivity index (χ0n) is 20.9. The van der Waals surface area contributed by atoms with E-state index >= 15 is 0 Å². The molecule has 0 aliphatic carbocycles. The van der Waals surface area contributed by atoms with Gasteiger partial charge in [-0.15, -0.1) is 0 Å². The summed E-state index contributed by atoms with van der Waals surface area (Å²) in [5.74, 6) is 0. The zero-order valence-corrected chi connectivity index (χ0v) is 20.9. The molecule has 8 rings (SSSR count). The Morgan fingerprint density at radius 2 is 0.579 bits per heavy atom. The van der Waals surface area contributed by atoms with Crippen molar-refractivity contribution in [2.45, 2.75) is 0 Å². The molecule has 38 heavy (non-hydrogen) atoms. The molecule has 0 aliphatic heterocycles. The minimum Gasteiger partial charge on any atom is -0.0616 e. The van der Waals surface area contributed by atoms with Crippen molar-refractivity contribution in [1.29, 1.82) is 0 Å². The van der Waals surface area contributed by atoms with Crippen LogP contribution in [0.15, 0.2) is 133 Å². The average molecular weight is 481 g/mol. The van der Waals surface area contributed by atoms with Gasteiger partial charge in [0.2, 0.25) is 0 Å². The first-order chi connectivity index (χ1) is 18.8. The molecule has 0 nitrogen and oxygen atoms in total. The largest absolute Gasteiger partial charge is 0.0616 e. The van der Waals surface area contributed by atoms with Gasteiger partial charge in [-0.3, -0.25) is 0 Å². The van der Waals surface area contributed by atoms with Crippen LogP contribution in [0.3, 0.4) is 0 Å². The van der Waals surface area contributed by atoms with Crippen molar-refractivity contribution in [3.05, 3.63) is 145 Å². The summed E-state index contributed by atoms with van der Waals surface area (Å²) in [6.07, 6.45) is 4.54. The van der Waals surface area contributed by atoms with Crippen LogP contribution >= 0.6 is 0 Å². The predicted octanol–water partition coefficient (Wildman–Crippen LogP) is 10.8. The minimum absolute atomic E-state index is 1.24. The van der Waals surface area contributed by atoms with E-state index in [1.54, 1.807) is 0 Å². The van der Waals surface area contributed by atoms with E-state index in [9.17, 15) is 0 Å². The van der Waals surface area contributed by atoms with E-state index in [2.05, 4.69) is 146 Å². The van der Waals surface area contributed by atoms with Gasteiger partial charge in [-0.1, -0.05) is 97.1 Å². The maximum Gasteiger partial charge on any atom is -0.0105 e. The second kappa shape index (κ2) is 8.30. The third-order valence-electron chi connectivity index (χ3n) is 7.91. The summed E-state index contributed by atoms with van der Waals surface area (Å²) in [5, 5.41) is 15.4. The van der Waals surface area contributed by atoms with Gasteiger partial charge in [-0.2, -0.15) is 0 Å². The lowest BCUT2D eigenvalue weighted by atomic mass is 9.95. The van der Waals surface area contributed by atoms with Crippen molar-refractivity contribution in [2.24, 2.45) is 0 Å². The minimum atomic E-state index is 1.24. The van der Waals surface area contributed by atoms with E-state index in [4.69, 9.17) is 0 Å². The van der Waals surface area contributed by atoms with Crippen LogP contribution in [-0.4, -0.2) is 0 Å². The first-order valence-electron chi connectivity index (χ1n) is 13.2. The fraction of sp³-hybridized carbons (Fsp3) is 0. The highest BCUT2D eigenvalue weighted by atomic mass is 14.1. The van der Waals surface area contributed by atoms with Gasteiger partial charge in [0.1, 0.15) is 0 Å². The molecule has 0 unspecified atom stereocenters. The lowest BCUT2D eigenvalue weighted by molar-refractivity contribution is 1.72. The number of hydrogen-bond acceptors (Lipinski definition) is 0. The summed E-state index contributed by atoms with van der Waals surface area (Å²) in [4.78, 5) is 0. The number of hydrogen-bond donors (Lipinski definition) is 0. The Morgan fingerprint density at radius 3 is 0.974 bits per heavy atom. The smallest absolute Gasteiger partial charge is 0.0105 e. The van der Waals surface area contributed by atoms with E-state index < -0.39 is 0 Å². The molecule has 8 aromatic rings. The van der Waals surface area contributed by atoms with E-state index in [1.807, 2.05) is 0 Å². The van der Waals surface area contributed by atoms with Crippen molar-refractivity contribution in [1.82, 2.24) is 0 Å². The van der Waals surface area contributed by atoms with Crippen LogP contribution in [0.4, 0.5) is 0 Å². The van der Waals surface area contributed by atoms with Gasteiger partial charge in [-0.25, -0.2) is 0 Å². The highest BCUT2D eigenvalue weighted by Gasteiger charge is 2.06. The van der Waals surface area contributed by atoms with E-state index in [-0.39, 0.29) is 0 Å². The molecule has 0 heteroatoms. The molecule has 176 valence electrons. The van der Waals surface area contributed by atoms with Crippen molar-refractivity contribution in [2.75, 3.05) is 0 Å². The van der Waals surface area contributed by atoms with Crippen LogP contribution in [0.1, 0.15) is 11.1 Å². The van der Waals surface area contributed by atoms with Gasteiger partial charge >= 0.3 is 0 Å². The van der Waals surface area contributed by atoms with Crippen molar-refractivity contribution >= 4 is 76.8 Å². The molecule has 0 radical (unpaired) electrons. The monoisotopic (exact) mass is 480 g/mol. The standard InChI is InChI=1S/C38H24/c1-3-9-29-19-35-23-37-25(11-5-13-31(37)21-33(35)17-27(29)7-1)15-16-26-12-6-14-32-22-34-18-28-8-2-4-10-30(28)20-36(34)24-38(26)32/h1-24H/b16-15+. The second-order valence-electron chi connectivity index (χ2n) is 10.3. The lowest BCUT2D eigenvalue weighted by Gasteiger charge is -2.09. The Morgan fingerprint density at radius 1 is 0.263 bits per heavy atom. The third-order valence-corrected chi connectivity index (χ3v) is 7.91. The molecule has 0 aliphatic rings. The number of benzene rings is 8.